The molecule has 0 saturated heterocycles. The Morgan fingerprint density at radius 3 is 2.52 bits per heavy atom. The number of methoxy groups -OCH3 is 1. The third-order valence-electron chi connectivity index (χ3n) is 4.89. The van der Waals surface area contributed by atoms with Crippen LogP contribution in [0.3, 0.4) is 0 Å². The number of carbonyl (C=O) groups is 2. The highest BCUT2D eigenvalue weighted by Crippen LogP contribution is 2.33. The van der Waals surface area contributed by atoms with E-state index in [1.165, 1.54) is 35.5 Å². The molecular formula is C23H20N2O6. The number of phenolic OH excluding ortho intramolecular Hbond substituents is 1. The van der Waals surface area contributed by atoms with Gasteiger partial charge in [-0.05, 0) is 66.2 Å². The van der Waals surface area contributed by atoms with Gasteiger partial charge < -0.3 is 19.0 Å². The Kier molecular flexibility index (Phi) is 5.70. The van der Waals surface area contributed by atoms with Crippen molar-refractivity contribution in [3.8, 4) is 11.5 Å². The van der Waals surface area contributed by atoms with Crippen LogP contribution in [0.2, 0.25) is 0 Å². The number of hydrazone groups is 1. The summed E-state index contributed by atoms with van der Waals surface area (Å²) >= 11 is 0. The number of nitrogens with zero attached hydrogens (tertiary/aromatic N) is 2. The summed E-state index contributed by atoms with van der Waals surface area (Å²) in [6.07, 6.45) is 1.99. The maximum absolute atomic E-state index is 12.9. The zero-order chi connectivity index (χ0) is 21.8. The predicted molar refractivity (Wildman–Crippen MR) is 111 cm³/mol. The van der Waals surface area contributed by atoms with E-state index in [0.717, 1.165) is 11.3 Å². The maximum Gasteiger partial charge on any atom is 0.338 e. The second-order valence-corrected chi connectivity index (χ2v) is 6.87. The van der Waals surface area contributed by atoms with Crippen LogP contribution in [0.25, 0.3) is 0 Å². The van der Waals surface area contributed by atoms with Gasteiger partial charge in [-0.1, -0.05) is 0 Å². The van der Waals surface area contributed by atoms with Gasteiger partial charge in [-0.3, -0.25) is 4.79 Å². The van der Waals surface area contributed by atoms with Crippen LogP contribution < -0.4 is 4.74 Å². The molecule has 1 atom stereocenters. The Morgan fingerprint density at radius 1 is 1.13 bits per heavy atom. The molecule has 4 rings (SSSR count). The number of aromatic hydroxyl groups is 1. The molecule has 1 amide bonds. The minimum Gasteiger partial charge on any atom is -0.508 e. The predicted octanol–water partition coefficient (Wildman–Crippen LogP) is 3.53. The van der Waals surface area contributed by atoms with Crippen LogP contribution in [0.5, 0.6) is 11.5 Å². The summed E-state index contributed by atoms with van der Waals surface area (Å²) in [5.74, 6) is 0.203. The molecule has 0 aliphatic carbocycles. The topological polar surface area (TPSA) is 102 Å². The number of carbonyl (C=O) groups excluding carboxylic acids is 2. The first-order chi connectivity index (χ1) is 15.0. The summed E-state index contributed by atoms with van der Waals surface area (Å²) in [6, 6.07) is 16.1. The third-order valence-corrected chi connectivity index (χ3v) is 4.89. The molecule has 0 radical (unpaired) electrons. The van der Waals surface area contributed by atoms with Crippen molar-refractivity contribution in [2.45, 2.75) is 12.5 Å². The van der Waals surface area contributed by atoms with Gasteiger partial charge in [0, 0.05) is 6.42 Å². The summed E-state index contributed by atoms with van der Waals surface area (Å²) in [5.41, 5.74) is 1.80. The number of rotatable bonds is 6. The van der Waals surface area contributed by atoms with E-state index in [2.05, 4.69) is 5.10 Å². The molecule has 3 aromatic rings. The van der Waals surface area contributed by atoms with E-state index in [1.807, 2.05) is 24.3 Å². The number of esters is 1. The molecular weight excluding hydrogens is 400 g/mol. The zero-order valence-corrected chi connectivity index (χ0v) is 16.7. The molecule has 2 aromatic carbocycles. The normalized spacial score (nSPS) is 15.5. The molecule has 0 unspecified atom stereocenters. The molecule has 2 heterocycles. The number of hydrogen-bond donors (Lipinski definition) is 1. The number of ether oxygens (including phenoxy) is 2. The average Bonchev–Trinajstić information content (AvgIpc) is 3.48. The number of hydrogen-bond acceptors (Lipinski definition) is 7. The first-order valence-corrected chi connectivity index (χ1v) is 9.58. The highest BCUT2D eigenvalue weighted by Gasteiger charge is 2.35. The van der Waals surface area contributed by atoms with Crippen LogP contribution in [0, 0.1) is 0 Å². The van der Waals surface area contributed by atoms with Gasteiger partial charge in [0.05, 0.1) is 24.6 Å². The van der Waals surface area contributed by atoms with Crippen molar-refractivity contribution in [1.82, 2.24) is 5.01 Å². The second-order valence-electron chi connectivity index (χ2n) is 6.87. The Balaban J connectivity index is 1.50. The lowest BCUT2D eigenvalue weighted by molar-refractivity contribution is -0.136. The van der Waals surface area contributed by atoms with E-state index in [1.54, 1.807) is 19.2 Å². The van der Waals surface area contributed by atoms with Gasteiger partial charge in [0.25, 0.3) is 5.91 Å². The number of amides is 1. The summed E-state index contributed by atoms with van der Waals surface area (Å²) in [6.45, 7) is -0.476. The average molecular weight is 420 g/mol. The van der Waals surface area contributed by atoms with E-state index in [0.29, 0.717) is 17.9 Å². The van der Waals surface area contributed by atoms with Crippen molar-refractivity contribution in [2.24, 2.45) is 5.10 Å². The van der Waals surface area contributed by atoms with Crippen molar-refractivity contribution < 1.29 is 28.6 Å². The molecule has 1 aromatic heterocycles. The van der Waals surface area contributed by atoms with E-state index in [4.69, 9.17) is 13.9 Å². The summed E-state index contributed by atoms with van der Waals surface area (Å²) in [5, 5.41) is 15.1. The van der Waals surface area contributed by atoms with Crippen LogP contribution in [-0.4, -0.2) is 41.4 Å². The minimum atomic E-state index is -0.665. The van der Waals surface area contributed by atoms with Crippen molar-refractivity contribution >= 4 is 17.6 Å². The van der Waals surface area contributed by atoms with E-state index in [-0.39, 0.29) is 11.3 Å². The molecule has 1 aliphatic heterocycles. The Labute approximate surface area is 178 Å². The summed E-state index contributed by atoms with van der Waals surface area (Å²) < 4.78 is 15.8. The van der Waals surface area contributed by atoms with Crippen LogP contribution >= 0.6 is 0 Å². The SMILES string of the molecule is COc1ccc(C2=NN(C(=O)COC(=O)c3ccc(O)cc3)[C@H](c3ccco3)C2)cc1. The van der Waals surface area contributed by atoms with Gasteiger partial charge in [0.15, 0.2) is 6.61 Å². The highest BCUT2D eigenvalue weighted by atomic mass is 16.5. The Morgan fingerprint density at radius 2 is 1.87 bits per heavy atom. The lowest BCUT2D eigenvalue weighted by atomic mass is 10.0. The lowest BCUT2D eigenvalue weighted by Crippen LogP contribution is -2.31. The van der Waals surface area contributed by atoms with Crippen molar-refractivity contribution in [3.63, 3.8) is 0 Å². The molecule has 31 heavy (non-hydrogen) atoms. The molecule has 8 nitrogen and oxygen atoms in total. The quantitative estimate of drug-likeness (QED) is 0.612. The fraction of sp³-hybridized carbons (Fsp3) is 0.174. The summed E-state index contributed by atoms with van der Waals surface area (Å²) in [7, 11) is 1.59. The molecule has 0 bridgehead atoms. The maximum atomic E-state index is 12.9. The van der Waals surface area contributed by atoms with Crippen molar-refractivity contribution in [1.29, 1.82) is 0 Å². The van der Waals surface area contributed by atoms with Crippen molar-refractivity contribution in [3.05, 3.63) is 83.8 Å². The molecule has 8 heteroatoms. The van der Waals surface area contributed by atoms with Gasteiger partial charge in [0.1, 0.15) is 23.3 Å². The molecule has 1 aliphatic rings. The van der Waals surface area contributed by atoms with Crippen molar-refractivity contribution in [2.75, 3.05) is 13.7 Å². The van der Waals surface area contributed by atoms with Crippen LogP contribution in [0.1, 0.15) is 34.1 Å². The second kappa shape index (κ2) is 8.74. The Hall–Kier alpha value is -4.07. The first-order valence-electron chi connectivity index (χ1n) is 9.58. The molecule has 158 valence electrons. The smallest absolute Gasteiger partial charge is 0.338 e. The zero-order valence-electron chi connectivity index (χ0n) is 16.7. The molecule has 0 spiro atoms. The van der Waals surface area contributed by atoms with Crippen LogP contribution in [-0.2, 0) is 9.53 Å². The molecule has 0 fully saturated rings. The monoisotopic (exact) mass is 420 g/mol. The number of phenols is 1. The minimum absolute atomic E-state index is 0.0337. The Bertz CT molecular complexity index is 1090. The van der Waals surface area contributed by atoms with E-state index >= 15 is 0 Å². The largest absolute Gasteiger partial charge is 0.508 e. The molecule has 0 saturated carbocycles. The summed E-state index contributed by atoms with van der Waals surface area (Å²) in [4.78, 5) is 25.0. The van der Waals surface area contributed by atoms with Gasteiger partial charge in [-0.2, -0.15) is 5.10 Å². The lowest BCUT2D eigenvalue weighted by Gasteiger charge is -2.19. The van der Waals surface area contributed by atoms with E-state index < -0.39 is 24.5 Å². The van der Waals surface area contributed by atoms with E-state index in [9.17, 15) is 14.7 Å². The fourth-order valence-electron chi connectivity index (χ4n) is 3.28. The fourth-order valence-corrected chi connectivity index (χ4v) is 3.28. The first kappa shape index (κ1) is 20.2. The number of furan rings is 1. The van der Waals surface area contributed by atoms with Gasteiger partial charge >= 0.3 is 5.97 Å². The third kappa shape index (κ3) is 4.42. The molecule has 1 N–H and O–H groups in total. The van der Waals surface area contributed by atoms with Crippen LogP contribution in [0.4, 0.5) is 0 Å². The van der Waals surface area contributed by atoms with Gasteiger partial charge in [-0.25, -0.2) is 9.80 Å². The van der Waals surface area contributed by atoms with Crippen LogP contribution in [0.15, 0.2) is 76.4 Å². The highest BCUT2D eigenvalue weighted by molar-refractivity contribution is 6.03. The number of benzene rings is 2. The van der Waals surface area contributed by atoms with Gasteiger partial charge in [0.2, 0.25) is 0 Å². The van der Waals surface area contributed by atoms with Gasteiger partial charge in [-0.15, -0.1) is 0 Å². The standard InChI is InChI=1S/C23H20N2O6/c1-29-18-10-6-15(7-11-18)19-13-20(21-3-2-12-30-21)25(24-19)22(27)14-31-23(28)16-4-8-17(26)9-5-16/h2-12,20,26H,13-14H2,1H3/t20-/m0/s1.